The Balaban J connectivity index is 1.45. The highest BCUT2D eigenvalue weighted by Gasteiger charge is 2.23. The van der Waals surface area contributed by atoms with E-state index in [1.807, 2.05) is 23.5 Å². The summed E-state index contributed by atoms with van der Waals surface area (Å²) in [5.74, 6) is 0. The molecule has 0 atom stereocenters. The van der Waals surface area contributed by atoms with Gasteiger partial charge in [-0.3, -0.25) is 9.78 Å². The molecule has 5 nitrogen and oxygen atoms in total. The highest BCUT2D eigenvalue weighted by Crippen LogP contribution is 2.47. The van der Waals surface area contributed by atoms with Crippen molar-refractivity contribution in [1.82, 2.24) is 9.97 Å². The van der Waals surface area contributed by atoms with E-state index in [1.165, 1.54) is 31.3 Å². The summed E-state index contributed by atoms with van der Waals surface area (Å²) < 4.78 is 2.58. The Bertz CT molecular complexity index is 1860. The first-order valence-electron chi connectivity index (χ1n) is 10.7. The van der Waals surface area contributed by atoms with Gasteiger partial charge in [-0.2, -0.15) is 0 Å². The highest BCUT2D eigenvalue weighted by atomic mass is 32.1. The van der Waals surface area contributed by atoms with Gasteiger partial charge in [-0.1, -0.05) is 42.5 Å². The summed E-state index contributed by atoms with van der Waals surface area (Å²) in [7, 11) is 0. The Morgan fingerprint density at radius 2 is 1.76 bits per heavy atom. The van der Waals surface area contributed by atoms with Gasteiger partial charge < -0.3 is 10.3 Å². The molecule has 2 aliphatic rings. The van der Waals surface area contributed by atoms with Crippen molar-refractivity contribution in [3.8, 4) is 0 Å². The molecule has 0 amide bonds. The van der Waals surface area contributed by atoms with Crippen LogP contribution in [0.5, 0.6) is 0 Å². The van der Waals surface area contributed by atoms with E-state index in [1.54, 1.807) is 6.07 Å². The third kappa shape index (κ3) is 2.78. The molecule has 2 bridgehead atoms. The minimum Gasteiger partial charge on any atom is -0.358 e. The fraction of sp³-hybridized carbons (Fsp3) is 0.0370. The lowest BCUT2D eigenvalue weighted by Gasteiger charge is -2.23. The van der Waals surface area contributed by atoms with Crippen LogP contribution in [0, 0.1) is 0 Å². The van der Waals surface area contributed by atoms with Crippen LogP contribution in [0.25, 0.3) is 42.2 Å². The van der Waals surface area contributed by atoms with Crippen molar-refractivity contribution >= 4 is 59.2 Å². The van der Waals surface area contributed by atoms with Gasteiger partial charge in [0.05, 0.1) is 10.9 Å². The molecule has 0 saturated heterocycles. The molecule has 3 heterocycles. The summed E-state index contributed by atoms with van der Waals surface area (Å²) in [4.78, 5) is 29.0. The van der Waals surface area contributed by atoms with E-state index in [9.17, 15) is 9.59 Å². The van der Waals surface area contributed by atoms with E-state index in [0.29, 0.717) is 10.9 Å². The molecule has 7 rings (SSSR count). The Labute approximate surface area is 191 Å². The maximum atomic E-state index is 12.3. The maximum absolute atomic E-state index is 12.3. The van der Waals surface area contributed by atoms with E-state index in [4.69, 9.17) is 0 Å². The van der Waals surface area contributed by atoms with E-state index < -0.39 is 5.69 Å². The number of aromatic amines is 2. The Kier molecular flexibility index (Phi) is 3.72. The van der Waals surface area contributed by atoms with Gasteiger partial charge >= 0.3 is 5.69 Å². The molecule has 0 saturated carbocycles. The maximum Gasteiger partial charge on any atom is 0.326 e. The molecule has 6 heteroatoms. The minimum atomic E-state index is -0.496. The van der Waals surface area contributed by atoms with Crippen LogP contribution in [0.3, 0.4) is 0 Å². The van der Waals surface area contributed by atoms with Crippen molar-refractivity contribution in [3.63, 3.8) is 0 Å². The van der Waals surface area contributed by atoms with E-state index in [2.05, 4.69) is 69.9 Å². The third-order valence-corrected chi connectivity index (χ3v) is 7.61. The summed E-state index contributed by atoms with van der Waals surface area (Å²) >= 11 is 1.83. The average molecular weight is 448 g/mol. The SMILES string of the molecule is O=c1[nH]c(=O)c2cc(C3=CC=C4CC(=C3)c3c(ccc5c3sc3ccccc35)N4)ccc2[nH]1. The molecule has 3 aromatic carbocycles. The molecule has 158 valence electrons. The second-order valence-electron chi connectivity index (χ2n) is 8.42. The lowest BCUT2D eigenvalue weighted by atomic mass is 9.92. The number of H-pyrrole nitrogens is 2. The standard InChI is InChI=1S/C27H17N3O2S/c31-26-20-13-15(6-9-21(20)29-27(32)30-26)14-5-7-17-12-16(11-14)24-22(28-17)10-8-19-18-3-1-2-4-23(18)33-25(19)24/h1-11,13,28H,12H2,(H2,29,30,31,32). The van der Waals surface area contributed by atoms with Crippen molar-refractivity contribution in [3.05, 3.63) is 110 Å². The zero-order valence-corrected chi connectivity index (χ0v) is 18.2. The molecule has 0 fully saturated rings. The first-order valence-corrected chi connectivity index (χ1v) is 11.6. The predicted octanol–water partition coefficient (Wildman–Crippen LogP) is 5.76. The fourth-order valence-corrected chi connectivity index (χ4v) is 6.18. The van der Waals surface area contributed by atoms with Crippen molar-refractivity contribution in [2.75, 3.05) is 5.32 Å². The number of hydrogen-bond donors (Lipinski definition) is 3. The molecule has 2 aromatic heterocycles. The third-order valence-electron chi connectivity index (χ3n) is 6.41. The first kappa shape index (κ1) is 18.4. The summed E-state index contributed by atoms with van der Waals surface area (Å²) in [5.41, 5.74) is 6.39. The summed E-state index contributed by atoms with van der Waals surface area (Å²) in [6.07, 6.45) is 7.25. The summed E-state index contributed by atoms with van der Waals surface area (Å²) in [6.45, 7) is 0. The second-order valence-corrected chi connectivity index (χ2v) is 9.47. The molecular formula is C27H17N3O2S. The van der Waals surface area contributed by atoms with Crippen molar-refractivity contribution in [2.45, 2.75) is 6.42 Å². The van der Waals surface area contributed by atoms with Gasteiger partial charge in [0.1, 0.15) is 0 Å². The smallest absolute Gasteiger partial charge is 0.326 e. The number of rotatable bonds is 1. The van der Waals surface area contributed by atoms with Gasteiger partial charge in [-0.15, -0.1) is 11.3 Å². The number of benzene rings is 3. The van der Waals surface area contributed by atoms with E-state index in [-0.39, 0.29) is 5.56 Å². The quantitative estimate of drug-likeness (QED) is 0.306. The number of nitrogens with one attached hydrogen (secondary N) is 3. The number of thiophene rings is 1. The van der Waals surface area contributed by atoms with Gasteiger partial charge in [0.25, 0.3) is 5.56 Å². The fourth-order valence-electron chi connectivity index (χ4n) is 4.90. The Morgan fingerprint density at radius 1 is 0.848 bits per heavy atom. The van der Waals surface area contributed by atoms with Gasteiger partial charge in [-0.25, -0.2) is 4.79 Å². The van der Waals surface area contributed by atoms with Crippen LogP contribution in [0.15, 0.2) is 88.1 Å². The molecule has 5 aromatic rings. The topological polar surface area (TPSA) is 77.8 Å². The number of aromatic nitrogens is 2. The van der Waals surface area contributed by atoms with Crippen LogP contribution in [0.4, 0.5) is 5.69 Å². The molecule has 1 aliphatic carbocycles. The molecule has 1 aliphatic heterocycles. The zero-order valence-electron chi connectivity index (χ0n) is 17.4. The summed E-state index contributed by atoms with van der Waals surface area (Å²) in [6, 6.07) is 18.5. The molecule has 0 radical (unpaired) electrons. The minimum absolute atomic E-state index is 0.381. The van der Waals surface area contributed by atoms with Crippen LogP contribution >= 0.6 is 11.3 Å². The van der Waals surface area contributed by atoms with Gasteiger partial charge in [0.15, 0.2) is 0 Å². The zero-order chi connectivity index (χ0) is 22.1. The molecule has 33 heavy (non-hydrogen) atoms. The van der Waals surface area contributed by atoms with E-state index >= 15 is 0 Å². The average Bonchev–Trinajstić information content (AvgIpc) is 3.11. The van der Waals surface area contributed by atoms with E-state index in [0.717, 1.165) is 28.9 Å². The second kappa shape index (κ2) is 6.67. The Morgan fingerprint density at radius 3 is 2.70 bits per heavy atom. The number of anilines is 1. The van der Waals surface area contributed by atoms with Crippen LogP contribution in [-0.4, -0.2) is 9.97 Å². The summed E-state index contributed by atoms with van der Waals surface area (Å²) in [5, 5.41) is 6.64. The molecule has 0 spiro atoms. The highest BCUT2D eigenvalue weighted by molar-refractivity contribution is 7.26. The van der Waals surface area contributed by atoms with Crippen molar-refractivity contribution in [2.24, 2.45) is 0 Å². The normalized spacial score (nSPS) is 15.0. The monoisotopic (exact) mass is 447 g/mol. The lowest BCUT2D eigenvalue weighted by molar-refractivity contribution is 1.08. The predicted molar refractivity (Wildman–Crippen MR) is 137 cm³/mol. The number of fused-ring (bicyclic) bond motifs is 9. The number of hydrogen-bond acceptors (Lipinski definition) is 4. The van der Waals surface area contributed by atoms with Gasteiger partial charge in [-0.05, 0) is 47.1 Å². The van der Waals surface area contributed by atoms with Crippen molar-refractivity contribution in [1.29, 1.82) is 0 Å². The lowest BCUT2D eigenvalue weighted by Crippen LogP contribution is -2.21. The molecular weight excluding hydrogens is 430 g/mol. The molecule has 3 N–H and O–H groups in total. The first-order chi connectivity index (χ1) is 16.1. The van der Waals surface area contributed by atoms with Crippen molar-refractivity contribution < 1.29 is 0 Å². The van der Waals surface area contributed by atoms with Gasteiger partial charge in [0.2, 0.25) is 0 Å². The van der Waals surface area contributed by atoms with Crippen LogP contribution in [0.1, 0.15) is 17.5 Å². The van der Waals surface area contributed by atoms with Gasteiger partial charge in [0, 0.05) is 43.5 Å². The largest absolute Gasteiger partial charge is 0.358 e. The van der Waals surface area contributed by atoms with Crippen LogP contribution < -0.4 is 16.6 Å². The Hall–Kier alpha value is -4.16. The number of allylic oxidation sites excluding steroid dienone is 5. The molecule has 0 unspecified atom stereocenters. The van der Waals surface area contributed by atoms with Crippen LogP contribution in [0.2, 0.25) is 0 Å². The van der Waals surface area contributed by atoms with Crippen LogP contribution in [-0.2, 0) is 0 Å².